The van der Waals surface area contributed by atoms with Gasteiger partial charge in [-0.2, -0.15) is 0 Å². The van der Waals surface area contributed by atoms with Gasteiger partial charge >= 0.3 is 0 Å². The van der Waals surface area contributed by atoms with Gasteiger partial charge in [-0.05, 0) is 26.8 Å². The van der Waals surface area contributed by atoms with Crippen LogP contribution in [0.2, 0.25) is 0 Å². The third-order valence-corrected chi connectivity index (χ3v) is 3.14. The van der Waals surface area contributed by atoms with Crippen molar-refractivity contribution in [1.82, 2.24) is 15.5 Å². The Morgan fingerprint density at radius 3 is 2.67 bits per heavy atom. The summed E-state index contributed by atoms with van der Waals surface area (Å²) in [5.74, 6) is 0.00843. The van der Waals surface area contributed by atoms with Crippen LogP contribution in [0.25, 0.3) is 0 Å². The molecule has 2 N–H and O–H groups in total. The van der Waals surface area contributed by atoms with E-state index in [0.29, 0.717) is 13.0 Å². The van der Waals surface area contributed by atoms with Gasteiger partial charge in [-0.3, -0.25) is 9.59 Å². The molecule has 5 heteroatoms. The summed E-state index contributed by atoms with van der Waals surface area (Å²) in [6.45, 7) is 5.41. The maximum absolute atomic E-state index is 12.2. The van der Waals surface area contributed by atoms with E-state index in [1.54, 1.807) is 4.90 Å². The van der Waals surface area contributed by atoms with Crippen molar-refractivity contribution in [2.75, 3.05) is 19.6 Å². The molecule has 0 aromatic rings. The second kappa shape index (κ2) is 3.48. The van der Waals surface area contributed by atoms with Gasteiger partial charge in [0, 0.05) is 12.6 Å². The van der Waals surface area contributed by atoms with Crippen molar-refractivity contribution in [3.63, 3.8) is 0 Å². The SMILES string of the molecule is CC(C)N1CC(=O)NC2(CCNC2)C1=O. The first kappa shape index (κ1) is 10.4. The van der Waals surface area contributed by atoms with Crippen molar-refractivity contribution in [3.8, 4) is 0 Å². The van der Waals surface area contributed by atoms with Crippen LogP contribution in [0.15, 0.2) is 0 Å². The van der Waals surface area contributed by atoms with Gasteiger partial charge in [0.1, 0.15) is 5.54 Å². The first-order valence-electron chi connectivity index (χ1n) is 5.38. The summed E-state index contributed by atoms with van der Waals surface area (Å²) in [5.41, 5.74) is -0.667. The predicted molar refractivity (Wildman–Crippen MR) is 55.2 cm³/mol. The Morgan fingerprint density at radius 1 is 1.40 bits per heavy atom. The van der Waals surface area contributed by atoms with Gasteiger partial charge in [0.25, 0.3) is 0 Å². The second-order valence-corrected chi connectivity index (χ2v) is 4.58. The number of nitrogens with zero attached hydrogens (tertiary/aromatic N) is 1. The van der Waals surface area contributed by atoms with E-state index >= 15 is 0 Å². The first-order chi connectivity index (χ1) is 7.05. The minimum atomic E-state index is -0.667. The number of amides is 2. The molecule has 2 aliphatic heterocycles. The Kier molecular flexibility index (Phi) is 2.42. The van der Waals surface area contributed by atoms with E-state index < -0.39 is 5.54 Å². The number of piperazine rings is 1. The zero-order valence-corrected chi connectivity index (χ0v) is 9.17. The zero-order chi connectivity index (χ0) is 11.1. The average molecular weight is 211 g/mol. The maximum Gasteiger partial charge on any atom is 0.250 e. The second-order valence-electron chi connectivity index (χ2n) is 4.58. The van der Waals surface area contributed by atoms with E-state index in [1.165, 1.54) is 0 Å². The monoisotopic (exact) mass is 211 g/mol. The largest absolute Gasteiger partial charge is 0.339 e. The molecule has 2 heterocycles. The van der Waals surface area contributed by atoms with Crippen LogP contribution >= 0.6 is 0 Å². The third-order valence-electron chi connectivity index (χ3n) is 3.14. The predicted octanol–water partition coefficient (Wildman–Crippen LogP) is -0.915. The summed E-state index contributed by atoms with van der Waals surface area (Å²) >= 11 is 0. The average Bonchev–Trinajstić information content (AvgIpc) is 2.60. The van der Waals surface area contributed by atoms with E-state index in [0.717, 1.165) is 6.54 Å². The Hall–Kier alpha value is -1.10. The van der Waals surface area contributed by atoms with E-state index in [-0.39, 0.29) is 24.4 Å². The zero-order valence-electron chi connectivity index (χ0n) is 9.17. The van der Waals surface area contributed by atoms with Crippen LogP contribution in [0.3, 0.4) is 0 Å². The van der Waals surface area contributed by atoms with E-state index in [2.05, 4.69) is 10.6 Å². The molecule has 2 rings (SSSR count). The molecule has 2 fully saturated rings. The molecule has 2 aliphatic rings. The van der Waals surface area contributed by atoms with Crippen molar-refractivity contribution in [2.24, 2.45) is 0 Å². The normalized spacial score (nSPS) is 31.5. The van der Waals surface area contributed by atoms with E-state index in [4.69, 9.17) is 0 Å². The lowest BCUT2D eigenvalue weighted by molar-refractivity contribution is -0.150. The van der Waals surface area contributed by atoms with Crippen LogP contribution in [0, 0.1) is 0 Å². The molecule has 0 bridgehead atoms. The maximum atomic E-state index is 12.2. The Labute approximate surface area is 89.2 Å². The fourth-order valence-electron chi connectivity index (χ4n) is 2.26. The van der Waals surface area contributed by atoms with Gasteiger partial charge in [0.2, 0.25) is 11.8 Å². The van der Waals surface area contributed by atoms with Gasteiger partial charge in [-0.1, -0.05) is 0 Å². The molecule has 1 spiro atoms. The van der Waals surface area contributed by atoms with Crippen molar-refractivity contribution in [2.45, 2.75) is 31.8 Å². The van der Waals surface area contributed by atoms with Gasteiger partial charge in [-0.15, -0.1) is 0 Å². The number of carbonyl (C=O) groups is 2. The summed E-state index contributed by atoms with van der Waals surface area (Å²) < 4.78 is 0. The van der Waals surface area contributed by atoms with Crippen LogP contribution in [0.5, 0.6) is 0 Å². The molecule has 0 radical (unpaired) electrons. The fourth-order valence-corrected chi connectivity index (χ4v) is 2.26. The summed E-state index contributed by atoms with van der Waals surface area (Å²) in [6, 6.07) is 0.0843. The number of rotatable bonds is 1. The molecule has 0 aliphatic carbocycles. The highest BCUT2D eigenvalue weighted by Crippen LogP contribution is 2.22. The summed E-state index contributed by atoms with van der Waals surface area (Å²) in [4.78, 5) is 25.4. The molecule has 0 aromatic heterocycles. The van der Waals surface area contributed by atoms with Crippen LogP contribution in [-0.2, 0) is 9.59 Å². The molecular formula is C10H17N3O2. The van der Waals surface area contributed by atoms with Gasteiger partial charge in [0.15, 0.2) is 0 Å². The highest BCUT2D eigenvalue weighted by atomic mass is 16.2. The Bertz CT molecular complexity index is 295. The third kappa shape index (κ3) is 1.61. The smallest absolute Gasteiger partial charge is 0.250 e. The van der Waals surface area contributed by atoms with Crippen LogP contribution in [0.4, 0.5) is 0 Å². The van der Waals surface area contributed by atoms with Crippen LogP contribution in [-0.4, -0.2) is 47.9 Å². The quantitative estimate of drug-likeness (QED) is 0.590. The molecule has 5 nitrogen and oxygen atoms in total. The molecule has 2 saturated heterocycles. The van der Waals surface area contributed by atoms with Gasteiger partial charge in [-0.25, -0.2) is 0 Å². The number of nitrogens with one attached hydrogen (secondary N) is 2. The van der Waals surface area contributed by atoms with E-state index in [1.807, 2.05) is 13.8 Å². The molecule has 1 atom stereocenters. The minimum Gasteiger partial charge on any atom is -0.339 e. The topological polar surface area (TPSA) is 61.4 Å². The molecule has 15 heavy (non-hydrogen) atoms. The molecule has 84 valence electrons. The fraction of sp³-hybridized carbons (Fsp3) is 0.800. The molecule has 0 saturated carbocycles. The van der Waals surface area contributed by atoms with Crippen molar-refractivity contribution >= 4 is 11.8 Å². The lowest BCUT2D eigenvalue weighted by Crippen LogP contribution is -2.68. The summed E-state index contributed by atoms with van der Waals surface area (Å²) in [5, 5.41) is 5.96. The van der Waals surface area contributed by atoms with Crippen molar-refractivity contribution < 1.29 is 9.59 Å². The highest BCUT2D eigenvalue weighted by Gasteiger charge is 2.48. The van der Waals surface area contributed by atoms with Gasteiger partial charge < -0.3 is 15.5 Å². The summed E-state index contributed by atoms with van der Waals surface area (Å²) in [6.07, 6.45) is 0.695. The van der Waals surface area contributed by atoms with Crippen LogP contribution in [0.1, 0.15) is 20.3 Å². The lowest BCUT2D eigenvalue weighted by atomic mass is 9.93. The molecule has 0 aromatic carbocycles. The minimum absolute atomic E-state index is 0.0491. The highest BCUT2D eigenvalue weighted by molar-refractivity contribution is 5.98. The first-order valence-corrected chi connectivity index (χ1v) is 5.38. The summed E-state index contributed by atoms with van der Waals surface area (Å²) in [7, 11) is 0. The van der Waals surface area contributed by atoms with Crippen molar-refractivity contribution in [1.29, 1.82) is 0 Å². The Morgan fingerprint density at radius 2 is 2.13 bits per heavy atom. The van der Waals surface area contributed by atoms with Crippen molar-refractivity contribution in [3.05, 3.63) is 0 Å². The Balaban J connectivity index is 2.25. The van der Waals surface area contributed by atoms with E-state index in [9.17, 15) is 9.59 Å². The lowest BCUT2D eigenvalue weighted by Gasteiger charge is -2.41. The standard InChI is InChI=1S/C10H17N3O2/c1-7(2)13-5-8(14)12-10(9(13)15)3-4-11-6-10/h7,11H,3-6H2,1-2H3,(H,12,14). The molecule has 2 amide bonds. The number of carbonyl (C=O) groups excluding carboxylic acids is 2. The van der Waals surface area contributed by atoms with Gasteiger partial charge in [0.05, 0.1) is 6.54 Å². The molecule has 1 unspecified atom stereocenters. The molecular weight excluding hydrogens is 194 g/mol. The number of hydrogen-bond donors (Lipinski definition) is 2. The van der Waals surface area contributed by atoms with Crippen LogP contribution < -0.4 is 10.6 Å². The number of hydrogen-bond acceptors (Lipinski definition) is 3.